The molecule has 1 unspecified atom stereocenters. The molecule has 0 heterocycles. The van der Waals surface area contributed by atoms with E-state index < -0.39 is 0 Å². The van der Waals surface area contributed by atoms with Gasteiger partial charge in [-0.2, -0.15) is 0 Å². The highest BCUT2D eigenvalue weighted by Crippen LogP contribution is 2.23. The summed E-state index contributed by atoms with van der Waals surface area (Å²) < 4.78 is 5.67. The molecule has 0 spiro atoms. The van der Waals surface area contributed by atoms with E-state index in [9.17, 15) is 0 Å². The maximum Gasteiger partial charge on any atom is 0.119 e. The molecule has 1 N–H and O–H groups in total. The van der Waals surface area contributed by atoms with Crippen LogP contribution in [0.3, 0.4) is 0 Å². The van der Waals surface area contributed by atoms with Crippen molar-refractivity contribution in [1.29, 1.82) is 0 Å². The van der Waals surface area contributed by atoms with E-state index in [-0.39, 0.29) is 5.41 Å². The Morgan fingerprint density at radius 3 is 2.65 bits per heavy atom. The third-order valence-electron chi connectivity index (χ3n) is 2.98. The monoisotopic (exact) mass is 233 g/mol. The topological polar surface area (TPSA) is 21.3 Å². The van der Waals surface area contributed by atoms with Crippen LogP contribution in [0.15, 0.2) is 43.0 Å². The molecule has 1 rings (SSSR count). The Labute approximate surface area is 105 Å². The Morgan fingerprint density at radius 2 is 2.06 bits per heavy atom. The van der Waals surface area contributed by atoms with Crippen molar-refractivity contribution in [2.45, 2.75) is 19.8 Å². The zero-order valence-electron chi connectivity index (χ0n) is 10.9. The summed E-state index contributed by atoms with van der Waals surface area (Å²) in [7, 11) is 1.97. The van der Waals surface area contributed by atoms with Crippen LogP contribution in [0.5, 0.6) is 5.75 Å². The van der Waals surface area contributed by atoms with Gasteiger partial charge in [0.15, 0.2) is 0 Å². The second kappa shape index (κ2) is 7.13. The van der Waals surface area contributed by atoms with Crippen molar-refractivity contribution >= 4 is 0 Å². The molecule has 0 aliphatic carbocycles. The fourth-order valence-corrected chi connectivity index (χ4v) is 1.85. The predicted molar refractivity (Wildman–Crippen MR) is 73.4 cm³/mol. The Balaban J connectivity index is 2.25. The van der Waals surface area contributed by atoms with Crippen LogP contribution in [0.2, 0.25) is 0 Å². The van der Waals surface area contributed by atoms with Crippen LogP contribution >= 0.6 is 0 Å². The van der Waals surface area contributed by atoms with E-state index in [0.29, 0.717) is 0 Å². The van der Waals surface area contributed by atoms with Crippen molar-refractivity contribution < 1.29 is 4.74 Å². The van der Waals surface area contributed by atoms with Gasteiger partial charge in [0.1, 0.15) is 5.75 Å². The molecule has 94 valence electrons. The van der Waals surface area contributed by atoms with Crippen LogP contribution in [-0.4, -0.2) is 20.2 Å². The number of ether oxygens (including phenoxy) is 1. The largest absolute Gasteiger partial charge is 0.494 e. The highest BCUT2D eigenvalue weighted by Gasteiger charge is 2.18. The first-order chi connectivity index (χ1) is 8.20. The highest BCUT2D eigenvalue weighted by atomic mass is 16.5. The van der Waals surface area contributed by atoms with E-state index in [1.807, 2.05) is 43.5 Å². The van der Waals surface area contributed by atoms with E-state index in [1.54, 1.807) is 0 Å². The summed E-state index contributed by atoms with van der Waals surface area (Å²) in [6.07, 6.45) is 4.16. The van der Waals surface area contributed by atoms with Crippen molar-refractivity contribution in [1.82, 2.24) is 5.32 Å². The summed E-state index contributed by atoms with van der Waals surface area (Å²) in [6.45, 7) is 7.85. The first-order valence-corrected chi connectivity index (χ1v) is 6.16. The maximum absolute atomic E-state index is 5.67. The van der Waals surface area contributed by atoms with Gasteiger partial charge in [0, 0.05) is 6.54 Å². The van der Waals surface area contributed by atoms with E-state index >= 15 is 0 Å². The van der Waals surface area contributed by atoms with Crippen molar-refractivity contribution in [3.63, 3.8) is 0 Å². The SMILES string of the molecule is C=CC(C)(CCCOc1ccccc1)CNC. The molecule has 2 heteroatoms. The van der Waals surface area contributed by atoms with Crippen LogP contribution in [-0.2, 0) is 0 Å². The lowest BCUT2D eigenvalue weighted by atomic mass is 9.85. The number of benzene rings is 1. The average molecular weight is 233 g/mol. The van der Waals surface area contributed by atoms with Crippen LogP contribution in [0.4, 0.5) is 0 Å². The van der Waals surface area contributed by atoms with Gasteiger partial charge in [0.25, 0.3) is 0 Å². The maximum atomic E-state index is 5.67. The molecule has 0 aliphatic rings. The Kier molecular flexibility index (Phi) is 5.78. The Bertz CT molecular complexity index is 323. The number of hydrogen-bond acceptors (Lipinski definition) is 2. The van der Waals surface area contributed by atoms with E-state index in [4.69, 9.17) is 4.74 Å². The molecule has 1 aromatic rings. The summed E-state index contributed by atoms with van der Waals surface area (Å²) in [4.78, 5) is 0. The van der Waals surface area contributed by atoms with Gasteiger partial charge in [0.05, 0.1) is 6.61 Å². The number of para-hydroxylation sites is 1. The molecular weight excluding hydrogens is 210 g/mol. The molecule has 0 saturated heterocycles. The fraction of sp³-hybridized carbons (Fsp3) is 0.467. The van der Waals surface area contributed by atoms with E-state index in [2.05, 4.69) is 18.8 Å². The first-order valence-electron chi connectivity index (χ1n) is 6.16. The molecule has 0 saturated carbocycles. The summed E-state index contributed by atoms with van der Waals surface area (Å²) in [5.74, 6) is 0.946. The molecule has 0 aliphatic heterocycles. The standard InChI is InChI=1S/C15H23NO/c1-4-15(2,13-16-3)11-8-12-17-14-9-6-5-7-10-14/h4-7,9-10,16H,1,8,11-13H2,2-3H3. The van der Waals surface area contributed by atoms with Crippen LogP contribution in [0.25, 0.3) is 0 Å². The molecule has 0 radical (unpaired) electrons. The van der Waals surface area contributed by atoms with Crippen molar-refractivity contribution in [2.75, 3.05) is 20.2 Å². The average Bonchev–Trinajstić information content (AvgIpc) is 2.36. The molecule has 0 aromatic heterocycles. The van der Waals surface area contributed by atoms with Gasteiger partial charge in [-0.1, -0.05) is 31.2 Å². The summed E-state index contributed by atoms with van der Waals surface area (Å²) >= 11 is 0. The Morgan fingerprint density at radius 1 is 1.35 bits per heavy atom. The molecular formula is C15H23NO. The van der Waals surface area contributed by atoms with Crippen LogP contribution in [0, 0.1) is 5.41 Å². The van der Waals surface area contributed by atoms with Gasteiger partial charge in [-0.05, 0) is 37.4 Å². The number of rotatable bonds is 8. The minimum absolute atomic E-state index is 0.162. The van der Waals surface area contributed by atoms with Gasteiger partial charge in [-0.15, -0.1) is 6.58 Å². The molecule has 0 bridgehead atoms. The minimum atomic E-state index is 0.162. The molecule has 1 atom stereocenters. The van der Waals surface area contributed by atoms with E-state index in [1.165, 1.54) is 0 Å². The summed E-state index contributed by atoms with van der Waals surface area (Å²) in [5, 5.41) is 3.21. The first kappa shape index (κ1) is 13.8. The highest BCUT2D eigenvalue weighted by molar-refractivity contribution is 5.20. The minimum Gasteiger partial charge on any atom is -0.494 e. The number of hydrogen-bond donors (Lipinski definition) is 1. The van der Waals surface area contributed by atoms with Gasteiger partial charge in [0.2, 0.25) is 0 Å². The lowest BCUT2D eigenvalue weighted by Gasteiger charge is -2.25. The molecule has 17 heavy (non-hydrogen) atoms. The van der Waals surface area contributed by atoms with Crippen LogP contribution in [0.1, 0.15) is 19.8 Å². The second-order valence-corrected chi connectivity index (χ2v) is 4.65. The quantitative estimate of drug-likeness (QED) is 0.549. The predicted octanol–water partition coefficient (Wildman–Crippen LogP) is 3.26. The molecule has 0 fully saturated rings. The lowest BCUT2D eigenvalue weighted by molar-refractivity contribution is 0.272. The lowest BCUT2D eigenvalue weighted by Crippen LogP contribution is -2.28. The number of nitrogens with one attached hydrogen (secondary N) is 1. The second-order valence-electron chi connectivity index (χ2n) is 4.65. The smallest absolute Gasteiger partial charge is 0.119 e. The van der Waals surface area contributed by atoms with Crippen molar-refractivity contribution in [3.05, 3.63) is 43.0 Å². The molecule has 0 amide bonds. The summed E-state index contributed by atoms with van der Waals surface area (Å²) in [6, 6.07) is 9.95. The van der Waals surface area contributed by atoms with Gasteiger partial charge in [-0.3, -0.25) is 0 Å². The summed E-state index contributed by atoms with van der Waals surface area (Å²) in [5.41, 5.74) is 0.162. The third-order valence-corrected chi connectivity index (χ3v) is 2.98. The van der Waals surface area contributed by atoms with E-state index in [0.717, 1.165) is 31.7 Å². The van der Waals surface area contributed by atoms with Crippen LogP contribution < -0.4 is 10.1 Å². The van der Waals surface area contributed by atoms with Crippen molar-refractivity contribution in [3.8, 4) is 5.75 Å². The van der Waals surface area contributed by atoms with Gasteiger partial charge in [-0.25, -0.2) is 0 Å². The van der Waals surface area contributed by atoms with Crippen molar-refractivity contribution in [2.24, 2.45) is 5.41 Å². The zero-order valence-corrected chi connectivity index (χ0v) is 10.9. The normalized spacial score (nSPS) is 14.0. The molecule has 1 aromatic carbocycles. The molecule has 2 nitrogen and oxygen atoms in total. The fourth-order valence-electron chi connectivity index (χ4n) is 1.85. The van der Waals surface area contributed by atoms with Gasteiger partial charge < -0.3 is 10.1 Å². The third kappa shape index (κ3) is 5.05. The Hall–Kier alpha value is -1.28. The zero-order chi connectivity index (χ0) is 12.6. The van der Waals surface area contributed by atoms with Gasteiger partial charge >= 0.3 is 0 Å².